The van der Waals surface area contributed by atoms with Gasteiger partial charge < -0.3 is 0 Å². The molecule has 1 aromatic rings. The molecule has 0 heterocycles. The van der Waals surface area contributed by atoms with Crippen LogP contribution in [0.5, 0.6) is 0 Å². The summed E-state index contributed by atoms with van der Waals surface area (Å²) in [5, 5.41) is 0. The van der Waals surface area contributed by atoms with Gasteiger partial charge in [-0.25, -0.2) is 8.78 Å². The number of halogens is 2. The number of hydrogen-bond acceptors (Lipinski definition) is 0. The molecule has 2 heteroatoms. The van der Waals surface area contributed by atoms with Crippen LogP contribution in [0, 0.1) is 25.5 Å². The first-order valence-corrected chi connectivity index (χ1v) is 4.15. The lowest BCUT2D eigenvalue weighted by molar-refractivity contribution is 0.497. The Balaban J connectivity index is 3.40. The van der Waals surface area contributed by atoms with Crippen LogP contribution in [0.15, 0.2) is 12.1 Å². The molecule has 0 amide bonds. The molecule has 0 nitrogen and oxygen atoms in total. The first kappa shape index (κ1) is 9.90. The highest BCUT2D eigenvalue weighted by atomic mass is 19.2. The maximum Gasteiger partial charge on any atom is 0.162 e. The fourth-order valence-electron chi connectivity index (χ4n) is 1.22. The van der Waals surface area contributed by atoms with E-state index in [1.807, 2.05) is 6.92 Å². The number of hydrogen-bond donors (Lipinski definition) is 0. The smallest absolute Gasteiger partial charge is 0.162 e. The topological polar surface area (TPSA) is 0 Å². The third-order valence-electron chi connectivity index (χ3n) is 2.02. The molecule has 0 radical (unpaired) electrons. The molecule has 0 aliphatic rings. The summed E-state index contributed by atoms with van der Waals surface area (Å²) in [6.45, 7) is 4.98. The maximum absolute atomic E-state index is 13.2. The van der Waals surface area contributed by atoms with Crippen LogP contribution in [0.1, 0.15) is 23.6 Å². The number of rotatable bonds is 1. The van der Waals surface area contributed by atoms with E-state index in [0.29, 0.717) is 11.1 Å². The average molecular weight is 182 g/mol. The molecule has 0 atom stereocenters. The highest BCUT2D eigenvalue weighted by molar-refractivity contribution is 5.55. The van der Waals surface area contributed by atoms with Crippen LogP contribution < -0.4 is 0 Å². The fraction of sp³-hybridized carbons (Fsp3) is 0.273. The van der Waals surface area contributed by atoms with E-state index < -0.39 is 11.6 Å². The van der Waals surface area contributed by atoms with Gasteiger partial charge in [-0.05, 0) is 43.5 Å². The van der Waals surface area contributed by atoms with Gasteiger partial charge in [0, 0.05) is 0 Å². The molecule has 0 saturated heterocycles. The zero-order chi connectivity index (χ0) is 10.0. The Morgan fingerprint density at radius 3 is 2.31 bits per heavy atom. The van der Waals surface area contributed by atoms with Crippen LogP contribution in [0.25, 0.3) is 6.08 Å². The van der Waals surface area contributed by atoms with E-state index in [9.17, 15) is 8.78 Å². The van der Waals surface area contributed by atoms with Gasteiger partial charge in [0.15, 0.2) is 11.6 Å². The van der Waals surface area contributed by atoms with Crippen LogP contribution in [0.2, 0.25) is 0 Å². The van der Waals surface area contributed by atoms with Crippen molar-refractivity contribution in [1.29, 1.82) is 0 Å². The molecular weight excluding hydrogens is 170 g/mol. The molecule has 0 aromatic heterocycles. The van der Waals surface area contributed by atoms with E-state index in [0.717, 1.165) is 5.56 Å². The third kappa shape index (κ3) is 1.77. The molecule has 0 aliphatic heterocycles. The second-order valence-electron chi connectivity index (χ2n) is 3.04. The van der Waals surface area contributed by atoms with Crippen molar-refractivity contribution in [1.82, 2.24) is 0 Å². The molecule has 13 heavy (non-hydrogen) atoms. The van der Waals surface area contributed by atoms with Crippen LogP contribution in [0.4, 0.5) is 8.78 Å². The molecule has 0 fully saturated rings. The predicted octanol–water partition coefficient (Wildman–Crippen LogP) is 3.61. The van der Waals surface area contributed by atoms with E-state index in [2.05, 4.69) is 0 Å². The van der Waals surface area contributed by atoms with Crippen LogP contribution >= 0.6 is 0 Å². The molecule has 70 valence electrons. The predicted molar refractivity (Wildman–Crippen MR) is 50.5 cm³/mol. The Morgan fingerprint density at radius 1 is 1.15 bits per heavy atom. The fourth-order valence-corrected chi connectivity index (χ4v) is 1.22. The minimum absolute atomic E-state index is 0.344. The van der Waals surface area contributed by atoms with Gasteiger partial charge in [0.2, 0.25) is 0 Å². The van der Waals surface area contributed by atoms with Gasteiger partial charge >= 0.3 is 0 Å². The standard InChI is InChI=1S/C11H12F2/c1-4-5-9-6-7(2)10(12)11(13)8(9)3/h4-6H,1-3H3/b5-4-. The average Bonchev–Trinajstić information content (AvgIpc) is 2.11. The van der Waals surface area contributed by atoms with Crippen molar-refractivity contribution in [2.45, 2.75) is 20.8 Å². The molecular formula is C11H12F2. The Bertz CT molecular complexity index is 352. The van der Waals surface area contributed by atoms with Crippen molar-refractivity contribution >= 4 is 6.08 Å². The number of benzene rings is 1. The van der Waals surface area contributed by atoms with Gasteiger partial charge in [-0.1, -0.05) is 12.2 Å². The second kappa shape index (κ2) is 3.69. The van der Waals surface area contributed by atoms with Crippen molar-refractivity contribution in [3.63, 3.8) is 0 Å². The van der Waals surface area contributed by atoms with Crippen molar-refractivity contribution in [3.05, 3.63) is 40.5 Å². The Kier molecular flexibility index (Phi) is 2.81. The highest BCUT2D eigenvalue weighted by Crippen LogP contribution is 2.20. The van der Waals surface area contributed by atoms with Gasteiger partial charge in [0.1, 0.15) is 0 Å². The van der Waals surface area contributed by atoms with Crippen molar-refractivity contribution < 1.29 is 8.78 Å². The van der Waals surface area contributed by atoms with E-state index in [1.165, 1.54) is 0 Å². The van der Waals surface area contributed by atoms with E-state index >= 15 is 0 Å². The Labute approximate surface area is 76.9 Å². The molecule has 0 unspecified atom stereocenters. The molecule has 0 saturated carbocycles. The molecule has 0 bridgehead atoms. The Morgan fingerprint density at radius 2 is 1.77 bits per heavy atom. The third-order valence-corrected chi connectivity index (χ3v) is 2.02. The summed E-state index contributed by atoms with van der Waals surface area (Å²) >= 11 is 0. The van der Waals surface area contributed by atoms with Crippen LogP contribution in [-0.4, -0.2) is 0 Å². The number of allylic oxidation sites excluding steroid dienone is 1. The molecule has 1 rings (SSSR count). The normalized spacial score (nSPS) is 11.2. The maximum atomic E-state index is 13.2. The zero-order valence-electron chi connectivity index (χ0n) is 7.99. The number of aryl methyl sites for hydroxylation is 1. The molecule has 0 N–H and O–H groups in total. The SMILES string of the molecule is C/C=C\c1cc(C)c(F)c(F)c1C. The summed E-state index contributed by atoms with van der Waals surface area (Å²) < 4.78 is 26.2. The van der Waals surface area contributed by atoms with Crippen molar-refractivity contribution in [2.24, 2.45) is 0 Å². The largest absolute Gasteiger partial charge is 0.203 e. The molecule has 0 aliphatic carbocycles. The summed E-state index contributed by atoms with van der Waals surface area (Å²) in [4.78, 5) is 0. The summed E-state index contributed by atoms with van der Waals surface area (Å²) in [7, 11) is 0. The lowest BCUT2D eigenvalue weighted by atomic mass is 10.0. The van der Waals surface area contributed by atoms with Crippen LogP contribution in [0.3, 0.4) is 0 Å². The van der Waals surface area contributed by atoms with E-state index in [4.69, 9.17) is 0 Å². The van der Waals surface area contributed by atoms with Gasteiger partial charge in [0.05, 0.1) is 0 Å². The van der Waals surface area contributed by atoms with Crippen LogP contribution in [-0.2, 0) is 0 Å². The first-order chi connectivity index (χ1) is 6.07. The van der Waals surface area contributed by atoms with Crippen molar-refractivity contribution in [2.75, 3.05) is 0 Å². The molecule has 1 aromatic carbocycles. The first-order valence-electron chi connectivity index (χ1n) is 4.15. The highest BCUT2D eigenvalue weighted by Gasteiger charge is 2.10. The van der Waals surface area contributed by atoms with E-state index in [-0.39, 0.29) is 0 Å². The minimum Gasteiger partial charge on any atom is -0.203 e. The zero-order valence-corrected chi connectivity index (χ0v) is 7.99. The van der Waals surface area contributed by atoms with Gasteiger partial charge in [-0.3, -0.25) is 0 Å². The summed E-state index contributed by atoms with van der Waals surface area (Å²) in [6, 6.07) is 1.65. The van der Waals surface area contributed by atoms with E-state index in [1.54, 1.807) is 32.1 Å². The lowest BCUT2D eigenvalue weighted by Crippen LogP contribution is -1.95. The summed E-state index contributed by atoms with van der Waals surface area (Å²) in [5.74, 6) is -1.49. The lowest BCUT2D eigenvalue weighted by Gasteiger charge is -2.05. The monoisotopic (exact) mass is 182 g/mol. The molecule has 0 spiro atoms. The van der Waals surface area contributed by atoms with Gasteiger partial charge in [0.25, 0.3) is 0 Å². The minimum atomic E-state index is -0.745. The van der Waals surface area contributed by atoms with Gasteiger partial charge in [-0.2, -0.15) is 0 Å². The summed E-state index contributed by atoms with van der Waals surface area (Å²) in [5.41, 5.74) is 1.44. The Hall–Kier alpha value is -1.18. The second-order valence-corrected chi connectivity index (χ2v) is 3.04. The van der Waals surface area contributed by atoms with Gasteiger partial charge in [-0.15, -0.1) is 0 Å². The van der Waals surface area contributed by atoms with Crippen molar-refractivity contribution in [3.8, 4) is 0 Å². The quantitative estimate of drug-likeness (QED) is 0.622. The summed E-state index contributed by atoms with van der Waals surface area (Å²) in [6.07, 6.45) is 3.57.